The van der Waals surface area contributed by atoms with E-state index in [0.717, 1.165) is 16.9 Å². The van der Waals surface area contributed by atoms with Crippen LogP contribution in [0.2, 0.25) is 0 Å². The number of carbonyl (C=O) groups excluding carboxylic acids is 2. The molecule has 184 valence electrons. The van der Waals surface area contributed by atoms with E-state index in [1.165, 1.54) is 23.1 Å². The van der Waals surface area contributed by atoms with Crippen molar-refractivity contribution in [2.75, 3.05) is 19.4 Å². The SMILES string of the molecule is CC(CC(=O)c1ccc2c(c1)nc(Nc1nc3ccc(OC(F)(F)F)cc3s1)n2C)C(=O)N(C)C. The number of aryl methyl sites for hydroxylation is 1. The first-order valence-electron chi connectivity index (χ1n) is 10.6. The molecule has 0 aliphatic carbocycles. The van der Waals surface area contributed by atoms with Gasteiger partial charge in [-0.3, -0.25) is 9.59 Å². The van der Waals surface area contributed by atoms with Gasteiger partial charge in [0, 0.05) is 45.1 Å². The molecule has 4 aromatic rings. The van der Waals surface area contributed by atoms with Gasteiger partial charge in [0.1, 0.15) is 5.75 Å². The number of imidazole rings is 1. The van der Waals surface area contributed by atoms with Gasteiger partial charge in [-0.2, -0.15) is 0 Å². The fraction of sp³-hybridized carbons (Fsp3) is 0.304. The van der Waals surface area contributed by atoms with Gasteiger partial charge in [-0.25, -0.2) is 9.97 Å². The number of fused-ring (bicyclic) bond motifs is 2. The van der Waals surface area contributed by atoms with Crippen molar-refractivity contribution in [3.63, 3.8) is 0 Å². The number of hydrogen-bond acceptors (Lipinski definition) is 7. The first-order chi connectivity index (χ1) is 16.4. The van der Waals surface area contributed by atoms with Crippen molar-refractivity contribution in [3.8, 4) is 5.75 Å². The monoisotopic (exact) mass is 505 g/mol. The Morgan fingerprint density at radius 3 is 2.57 bits per heavy atom. The number of Topliss-reactive ketones (excluding diaryl/α,β-unsaturated/α-hetero) is 1. The van der Waals surface area contributed by atoms with Crippen LogP contribution in [0.1, 0.15) is 23.7 Å². The average Bonchev–Trinajstić information content (AvgIpc) is 3.31. The van der Waals surface area contributed by atoms with Crippen molar-refractivity contribution in [1.82, 2.24) is 19.4 Å². The zero-order valence-corrected chi connectivity index (χ0v) is 20.1. The third kappa shape index (κ3) is 5.37. The molecule has 2 aromatic carbocycles. The Morgan fingerprint density at radius 2 is 1.89 bits per heavy atom. The molecule has 8 nitrogen and oxygen atoms in total. The first-order valence-corrected chi connectivity index (χ1v) is 11.4. The number of benzene rings is 2. The van der Waals surface area contributed by atoms with E-state index < -0.39 is 12.3 Å². The van der Waals surface area contributed by atoms with E-state index in [1.54, 1.807) is 50.8 Å². The molecule has 0 fully saturated rings. The Kier molecular flexibility index (Phi) is 6.41. The lowest BCUT2D eigenvalue weighted by molar-refractivity contribution is -0.274. The third-order valence-electron chi connectivity index (χ3n) is 5.37. The van der Waals surface area contributed by atoms with Crippen molar-refractivity contribution in [2.24, 2.45) is 13.0 Å². The van der Waals surface area contributed by atoms with Gasteiger partial charge in [0.15, 0.2) is 10.9 Å². The van der Waals surface area contributed by atoms with Crippen LogP contribution in [0.15, 0.2) is 36.4 Å². The number of thiazole rings is 1. The highest BCUT2D eigenvalue weighted by Crippen LogP contribution is 2.33. The summed E-state index contributed by atoms with van der Waals surface area (Å²) in [5, 5.41) is 3.53. The molecule has 0 spiro atoms. The quantitative estimate of drug-likeness (QED) is 0.351. The lowest BCUT2D eigenvalue weighted by atomic mass is 9.98. The highest BCUT2D eigenvalue weighted by molar-refractivity contribution is 7.22. The zero-order valence-electron chi connectivity index (χ0n) is 19.3. The lowest BCUT2D eigenvalue weighted by Gasteiger charge is -2.16. The summed E-state index contributed by atoms with van der Waals surface area (Å²) in [4.78, 5) is 35.2. The molecular formula is C23H22F3N5O3S. The van der Waals surface area contributed by atoms with Gasteiger partial charge in [0.25, 0.3) is 0 Å². The summed E-state index contributed by atoms with van der Waals surface area (Å²) in [5.74, 6) is -0.571. The van der Waals surface area contributed by atoms with E-state index in [0.29, 0.717) is 32.4 Å². The maximum Gasteiger partial charge on any atom is 0.573 e. The number of ether oxygens (including phenoxy) is 1. The van der Waals surface area contributed by atoms with E-state index in [2.05, 4.69) is 20.0 Å². The van der Waals surface area contributed by atoms with E-state index in [4.69, 9.17) is 0 Å². The van der Waals surface area contributed by atoms with Crippen molar-refractivity contribution in [3.05, 3.63) is 42.0 Å². The molecule has 1 N–H and O–H groups in total. The Balaban J connectivity index is 1.55. The normalized spacial score (nSPS) is 12.7. The molecule has 4 rings (SSSR count). The molecule has 0 radical (unpaired) electrons. The molecule has 0 saturated heterocycles. The molecule has 12 heteroatoms. The number of rotatable bonds is 7. The molecule has 2 aromatic heterocycles. The number of hydrogen-bond donors (Lipinski definition) is 1. The van der Waals surface area contributed by atoms with Crippen LogP contribution in [0.3, 0.4) is 0 Å². The van der Waals surface area contributed by atoms with Gasteiger partial charge in [-0.05, 0) is 30.3 Å². The van der Waals surface area contributed by atoms with Crippen LogP contribution in [-0.2, 0) is 11.8 Å². The number of ketones is 1. The van der Waals surface area contributed by atoms with Crippen molar-refractivity contribution in [1.29, 1.82) is 0 Å². The summed E-state index contributed by atoms with van der Waals surface area (Å²) in [6, 6.07) is 9.09. The predicted molar refractivity (Wildman–Crippen MR) is 127 cm³/mol. The predicted octanol–water partition coefficient (Wildman–Crippen LogP) is 5.12. The largest absolute Gasteiger partial charge is 0.573 e. The molecule has 35 heavy (non-hydrogen) atoms. The highest BCUT2D eigenvalue weighted by atomic mass is 32.1. The second kappa shape index (κ2) is 9.17. The minimum Gasteiger partial charge on any atom is -0.406 e. The molecule has 0 bridgehead atoms. The summed E-state index contributed by atoms with van der Waals surface area (Å²) >= 11 is 1.16. The van der Waals surface area contributed by atoms with Crippen LogP contribution >= 0.6 is 11.3 Å². The minimum absolute atomic E-state index is 0.0895. The smallest absolute Gasteiger partial charge is 0.406 e. The fourth-order valence-electron chi connectivity index (χ4n) is 3.66. The molecular weight excluding hydrogens is 483 g/mol. The second-order valence-electron chi connectivity index (χ2n) is 8.28. The Labute approximate surface area is 202 Å². The molecule has 2 heterocycles. The third-order valence-corrected chi connectivity index (χ3v) is 6.30. The number of alkyl halides is 3. The Bertz CT molecular complexity index is 1430. The van der Waals surface area contributed by atoms with Gasteiger partial charge in [0.05, 0.1) is 21.3 Å². The van der Waals surface area contributed by atoms with Gasteiger partial charge in [-0.1, -0.05) is 18.3 Å². The molecule has 0 aliphatic heterocycles. The van der Waals surface area contributed by atoms with Crippen molar-refractivity contribution < 1.29 is 27.5 Å². The molecule has 1 unspecified atom stereocenters. The highest BCUT2D eigenvalue weighted by Gasteiger charge is 2.31. The number of nitrogens with zero attached hydrogens (tertiary/aromatic N) is 4. The van der Waals surface area contributed by atoms with E-state index >= 15 is 0 Å². The number of anilines is 2. The number of nitrogens with one attached hydrogen (secondary N) is 1. The van der Waals surface area contributed by atoms with E-state index in [-0.39, 0.29) is 23.9 Å². The van der Waals surface area contributed by atoms with Gasteiger partial charge < -0.3 is 19.5 Å². The summed E-state index contributed by atoms with van der Waals surface area (Å²) in [6.07, 6.45) is -4.68. The molecule has 1 atom stereocenters. The minimum atomic E-state index is -4.77. The van der Waals surface area contributed by atoms with E-state index in [1.807, 2.05) is 0 Å². The van der Waals surface area contributed by atoms with Crippen LogP contribution in [0.5, 0.6) is 5.75 Å². The topological polar surface area (TPSA) is 89.3 Å². The number of aromatic nitrogens is 3. The number of carbonyl (C=O) groups is 2. The van der Waals surface area contributed by atoms with Gasteiger partial charge >= 0.3 is 6.36 Å². The zero-order chi connectivity index (χ0) is 25.5. The molecule has 0 saturated carbocycles. The molecule has 0 aliphatic rings. The summed E-state index contributed by atoms with van der Waals surface area (Å²) < 4.78 is 43.7. The lowest BCUT2D eigenvalue weighted by Crippen LogP contribution is -2.29. The Hall–Kier alpha value is -3.67. The fourth-order valence-corrected chi connectivity index (χ4v) is 4.55. The maximum absolute atomic E-state index is 12.7. The van der Waals surface area contributed by atoms with Crippen LogP contribution in [0.25, 0.3) is 21.3 Å². The van der Waals surface area contributed by atoms with Crippen LogP contribution in [0.4, 0.5) is 24.3 Å². The Morgan fingerprint density at radius 1 is 1.14 bits per heavy atom. The van der Waals surface area contributed by atoms with E-state index in [9.17, 15) is 22.8 Å². The summed E-state index contributed by atoms with van der Waals surface area (Å²) in [7, 11) is 5.09. The van der Waals surface area contributed by atoms with Crippen LogP contribution in [0, 0.1) is 5.92 Å². The molecule has 1 amide bonds. The number of halogens is 3. The number of amides is 1. The van der Waals surface area contributed by atoms with Crippen molar-refractivity contribution >= 4 is 55.4 Å². The standard InChI is InChI=1S/C23H22F3N5O3S/c1-12(20(33)30(2)3)9-18(32)13-5-8-17-16(10-13)27-21(31(17)4)29-22-28-15-7-6-14(11-19(15)35-22)34-23(24,25)26/h5-8,10-12H,9H2,1-4H3,(H,27,28,29). The van der Waals surface area contributed by atoms with Crippen LogP contribution in [-0.4, -0.2) is 51.6 Å². The van der Waals surface area contributed by atoms with Gasteiger partial charge in [-0.15, -0.1) is 13.2 Å². The van der Waals surface area contributed by atoms with Gasteiger partial charge in [0.2, 0.25) is 11.9 Å². The van der Waals surface area contributed by atoms with Crippen molar-refractivity contribution in [2.45, 2.75) is 19.7 Å². The van der Waals surface area contributed by atoms with Crippen LogP contribution < -0.4 is 10.1 Å². The second-order valence-corrected chi connectivity index (χ2v) is 9.31. The summed E-state index contributed by atoms with van der Waals surface area (Å²) in [6.45, 7) is 1.72. The maximum atomic E-state index is 12.7. The summed E-state index contributed by atoms with van der Waals surface area (Å²) in [5.41, 5.74) is 2.32. The first kappa shape index (κ1) is 24.5. The average molecular weight is 506 g/mol.